The lowest BCUT2D eigenvalue weighted by atomic mass is 9.96. The Kier molecular flexibility index (Phi) is 4.86. The highest BCUT2D eigenvalue weighted by atomic mass is 35.5. The molecule has 0 saturated carbocycles. The van der Waals surface area contributed by atoms with Crippen LogP contribution in [0.15, 0.2) is 24.4 Å². The Morgan fingerprint density at radius 3 is 2.61 bits per heavy atom. The summed E-state index contributed by atoms with van der Waals surface area (Å²) >= 11 is 6.26. The molecule has 0 unspecified atom stereocenters. The number of carbonyl (C=O) groups is 1. The smallest absolute Gasteiger partial charge is 0.410 e. The number of carbonyl (C=O) groups excluding carboxylic acids is 1. The highest BCUT2D eigenvalue weighted by molar-refractivity contribution is 6.30. The fraction of sp³-hybridized carbons (Fsp3) is 0.571. The third kappa shape index (κ3) is 3.62. The number of piperidine rings is 1. The maximum Gasteiger partial charge on any atom is 0.410 e. The molecule has 150 valence electrons. The van der Waals surface area contributed by atoms with Crippen molar-refractivity contribution in [3.05, 3.63) is 29.5 Å². The molecular formula is C21H27ClN4O2. The van der Waals surface area contributed by atoms with Crippen LogP contribution in [0, 0.1) is 0 Å². The molecule has 2 aromatic heterocycles. The van der Waals surface area contributed by atoms with E-state index in [2.05, 4.69) is 21.9 Å². The molecule has 0 spiro atoms. The number of amides is 1. The Morgan fingerprint density at radius 1 is 1.29 bits per heavy atom. The molecule has 2 bridgehead atoms. The van der Waals surface area contributed by atoms with Crippen LogP contribution in [-0.2, 0) is 4.74 Å². The molecule has 0 N–H and O–H groups in total. The Balaban J connectivity index is 1.56. The molecule has 2 aliphatic rings. The third-order valence-electron chi connectivity index (χ3n) is 5.74. The average molecular weight is 403 g/mol. The first-order chi connectivity index (χ1) is 13.2. The SMILES string of the molecule is CN(c1nc(Cl)cc2ncccc12)[C@@H]1C[C@H]2CC[C@@H](C1)N2C(=O)OC(C)(C)C. The van der Waals surface area contributed by atoms with E-state index >= 15 is 0 Å². The minimum absolute atomic E-state index is 0.184. The van der Waals surface area contributed by atoms with Gasteiger partial charge in [-0.2, -0.15) is 0 Å². The van der Waals surface area contributed by atoms with Gasteiger partial charge in [0, 0.05) is 42.8 Å². The van der Waals surface area contributed by atoms with Gasteiger partial charge in [0.15, 0.2) is 0 Å². The van der Waals surface area contributed by atoms with Gasteiger partial charge in [-0.1, -0.05) is 11.6 Å². The highest BCUT2D eigenvalue weighted by Crippen LogP contribution is 2.40. The van der Waals surface area contributed by atoms with E-state index in [9.17, 15) is 4.79 Å². The summed E-state index contributed by atoms with van der Waals surface area (Å²) in [6, 6.07) is 6.47. The molecule has 2 aliphatic heterocycles. The van der Waals surface area contributed by atoms with Crippen LogP contribution in [0.5, 0.6) is 0 Å². The minimum atomic E-state index is -0.471. The van der Waals surface area contributed by atoms with Crippen LogP contribution in [0.3, 0.4) is 0 Å². The van der Waals surface area contributed by atoms with E-state index in [4.69, 9.17) is 16.3 Å². The van der Waals surface area contributed by atoms with E-state index in [0.717, 1.165) is 42.4 Å². The van der Waals surface area contributed by atoms with Crippen molar-refractivity contribution in [2.24, 2.45) is 0 Å². The zero-order valence-electron chi connectivity index (χ0n) is 16.9. The first kappa shape index (κ1) is 19.2. The zero-order valence-corrected chi connectivity index (χ0v) is 17.6. The van der Waals surface area contributed by atoms with Crippen molar-refractivity contribution in [2.45, 2.75) is 70.2 Å². The van der Waals surface area contributed by atoms with E-state index in [-0.39, 0.29) is 18.2 Å². The van der Waals surface area contributed by atoms with E-state index in [1.165, 1.54) is 0 Å². The number of rotatable bonds is 2. The molecule has 0 aliphatic carbocycles. The summed E-state index contributed by atoms with van der Waals surface area (Å²) in [7, 11) is 2.07. The third-order valence-corrected chi connectivity index (χ3v) is 5.94. The van der Waals surface area contributed by atoms with Crippen LogP contribution in [0.1, 0.15) is 46.5 Å². The molecule has 4 rings (SSSR count). The second kappa shape index (κ2) is 7.07. The summed E-state index contributed by atoms with van der Waals surface area (Å²) in [5.74, 6) is 0.853. The Labute approximate surface area is 170 Å². The van der Waals surface area contributed by atoms with Crippen LogP contribution >= 0.6 is 11.6 Å². The van der Waals surface area contributed by atoms with Gasteiger partial charge >= 0.3 is 6.09 Å². The monoisotopic (exact) mass is 402 g/mol. The summed E-state index contributed by atoms with van der Waals surface area (Å²) in [6.45, 7) is 5.74. The van der Waals surface area contributed by atoms with Crippen molar-refractivity contribution >= 4 is 34.4 Å². The van der Waals surface area contributed by atoms with Gasteiger partial charge in [-0.15, -0.1) is 0 Å². The Bertz CT molecular complexity index is 884. The van der Waals surface area contributed by atoms with Crippen LogP contribution in [0.4, 0.5) is 10.6 Å². The zero-order chi connectivity index (χ0) is 20.1. The first-order valence-electron chi connectivity index (χ1n) is 9.88. The topological polar surface area (TPSA) is 58.6 Å². The number of anilines is 1. The normalized spacial score (nSPS) is 24.5. The van der Waals surface area contributed by atoms with Crippen molar-refractivity contribution in [1.29, 1.82) is 0 Å². The second-order valence-electron chi connectivity index (χ2n) is 8.85. The molecule has 2 fully saturated rings. The molecule has 7 heteroatoms. The van der Waals surface area contributed by atoms with Gasteiger partial charge in [0.05, 0.1) is 5.52 Å². The van der Waals surface area contributed by atoms with Gasteiger partial charge in [0.25, 0.3) is 0 Å². The molecule has 0 radical (unpaired) electrons. The fourth-order valence-electron chi connectivity index (χ4n) is 4.55. The lowest BCUT2D eigenvalue weighted by molar-refractivity contribution is 0.00598. The summed E-state index contributed by atoms with van der Waals surface area (Å²) in [5.41, 5.74) is 0.374. The number of aromatic nitrogens is 2. The van der Waals surface area contributed by atoms with Crippen molar-refractivity contribution < 1.29 is 9.53 Å². The quantitative estimate of drug-likeness (QED) is 0.684. The molecule has 28 heavy (non-hydrogen) atoms. The Morgan fingerprint density at radius 2 is 1.96 bits per heavy atom. The van der Waals surface area contributed by atoms with Crippen molar-refractivity contribution in [2.75, 3.05) is 11.9 Å². The Hall–Kier alpha value is -2.08. The highest BCUT2D eigenvalue weighted by Gasteiger charge is 2.46. The predicted octanol–water partition coefficient (Wildman–Crippen LogP) is 4.65. The number of ether oxygens (including phenoxy) is 1. The van der Waals surface area contributed by atoms with Crippen LogP contribution in [0.2, 0.25) is 5.15 Å². The summed E-state index contributed by atoms with van der Waals surface area (Å²) in [4.78, 5) is 25.9. The van der Waals surface area contributed by atoms with E-state index in [0.29, 0.717) is 11.2 Å². The van der Waals surface area contributed by atoms with Crippen molar-refractivity contribution in [3.63, 3.8) is 0 Å². The average Bonchev–Trinajstić information content (AvgIpc) is 2.89. The second-order valence-corrected chi connectivity index (χ2v) is 9.23. The minimum Gasteiger partial charge on any atom is -0.444 e. The molecule has 4 heterocycles. The maximum absolute atomic E-state index is 12.7. The summed E-state index contributed by atoms with van der Waals surface area (Å²) in [5, 5.41) is 1.44. The fourth-order valence-corrected chi connectivity index (χ4v) is 4.73. The number of halogens is 1. The number of pyridine rings is 2. The van der Waals surface area contributed by atoms with Crippen LogP contribution in [0.25, 0.3) is 10.9 Å². The molecule has 0 aromatic carbocycles. The standard InChI is InChI=1S/C21H27ClN4O2/c1-21(2,3)28-20(27)26-13-7-8-14(26)11-15(10-13)25(4)19-16-6-5-9-23-17(16)12-18(22)24-19/h5-6,9,12-15H,7-8,10-11H2,1-4H3/t13-,14+,15-. The maximum atomic E-state index is 12.7. The van der Waals surface area contributed by atoms with Crippen molar-refractivity contribution in [1.82, 2.24) is 14.9 Å². The summed E-state index contributed by atoms with van der Waals surface area (Å²) in [6.07, 6.45) is 5.45. The number of hydrogen-bond acceptors (Lipinski definition) is 5. The lowest BCUT2D eigenvalue weighted by Gasteiger charge is -2.42. The van der Waals surface area contributed by atoms with Gasteiger partial charge < -0.3 is 14.5 Å². The van der Waals surface area contributed by atoms with Gasteiger partial charge in [-0.05, 0) is 58.6 Å². The number of hydrogen-bond donors (Lipinski definition) is 0. The molecule has 1 amide bonds. The van der Waals surface area contributed by atoms with Gasteiger partial charge in [-0.25, -0.2) is 9.78 Å². The number of fused-ring (bicyclic) bond motifs is 3. The van der Waals surface area contributed by atoms with E-state index in [1.54, 1.807) is 12.3 Å². The van der Waals surface area contributed by atoms with Gasteiger partial charge in [0.2, 0.25) is 0 Å². The molecular weight excluding hydrogens is 376 g/mol. The predicted molar refractivity (Wildman–Crippen MR) is 111 cm³/mol. The largest absolute Gasteiger partial charge is 0.444 e. The number of nitrogens with zero attached hydrogens (tertiary/aromatic N) is 4. The lowest BCUT2D eigenvalue weighted by Crippen LogP contribution is -2.53. The van der Waals surface area contributed by atoms with Crippen LogP contribution in [-0.4, -0.2) is 51.7 Å². The van der Waals surface area contributed by atoms with E-state index in [1.807, 2.05) is 37.8 Å². The van der Waals surface area contributed by atoms with E-state index < -0.39 is 5.60 Å². The molecule has 2 aromatic rings. The van der Waals surface area contributed by atoms with Gasteiger partial charge in [-0.3, -0.25) is 4.98 Å². The first-order valence-corrected chi connectivity index (χ1v) is 10.3. The van der Waals surface area contributed by atoms with Crippen molar-refractivity contribution in [3.8, 4) is 0 Å². The molecule has 3 atom stereocenters. The van der Waals surface area contributed by atoms with Gasteiger partial charge in [0.1, 0.15) is 16.6 Å². The van der Waals surface area contributed by atoms with Crippen LogP contribution < -0.4 is 4.90 Å². The molecule has 2 saturated heterocycles. The summed E-state index contributed by atoms with van der Waals surface area (Å²) < 4.78 is 5.65. The molecule has 6 nitrogen and oxygen atoms in total.